The van der Waals surface area contributed by atoms with Crippen LogP contribution in [0.1, 0.15) is 18.9 Å². The van der Waals surface area contributed by atoms with E-state index in [9.17, 15) is 9.90 Å². The molecule has 104 valence electrons. The van der Waals surface area contributed by atoms with Gasteiger partial charge in [-0.3, -0.25) is 4.79 Å². The third kappa shape index (κ3) is 3.16. The summed E-state index contributed by atoms with van der Waals surface area (Å²) >= 11 is 3.43. The Balaban J connectivity index is 2.33. The number of carbonyl (C=O) groups excluding carboxylic acids is 1. The Kier molecular flexibility index (Phi) is 4.60. The van der Waals surface area contributed by atoms with Crippen LogP contribution in [0.15, 0.2) is 22.7 Å². The van der Waals surface area contributed by atoms with Gasteiger partial charge in [-0.1, -0.05) is 15.9 Å². The number of rotatable bonds is 2. The van der Waals surface area contributed by atoms with Crippen molar-refractivity contribution in [1.29, 1.82) is 0 Å². The molecule has 0 radical (unpaired) electrons. The Morgan fingerprint density at radius 1 is 1.53 bits per heavy atom. The van der Waals surface area contributed by atoms with Crippen molar-refractivity contribution in [1.82, 2.24) is 5.32 Å². The normalized spacial score (nSPS) is 24.4. The highest BCUT2D eigenvalue weighted by Gasteiger charge is 2.30. The molecule has 1 heterocycles. The molecule has 19 heavy (non-hydrogen) atoms. The first-order valence-electron chi connectivity index (χ1n) is 6.47. The van der Waals surface area contributed by atoms with E-state index in [1.807, 2.05) is 32.0 Å². The van der Waals surface area contributed by atoms with Gasteiger partial charge >= 0.3 is 0 Å². The minimum atomic E-state index is -0.513. The second-order valence-electron chi connectivity index (χ2n) is 5.01. The smallest absolute Gasteiger partial charge is 0.246 e. The average molecular weight is 327 g/mol. The van der Waals surface area contributed by atoms with E-state index in [4.69, 9.17) is 0 Å². The number of carbonyl (C=O) groups is 1. The van der Waals surface area contributed by atoms with Crippen LogP contribution in [-0.2, 0) is 4.79 Å². The number of anilines is 1. The largest absolute Gasteiger partial charge is 0.394 e. The van der Waals surface area contributed by atoms with Crippen molar-refractivity contribution in [3.63, 3.8) is 0 Å². The Morgan fingerprint density at radius 3 is 2.89 bits per heavy atom. The van der Waals surface area contributed by atoms with Crippen LogP contribution < -0.4 is 10.2 Å². The van der Waals surface area contributed by atoms with E-state index >= 15 is 0 Å². The van der Waals surface area contributed by atoms with Crippen molar-refractivity contribution in [2.24, 2.45) is 0 Å². The molecule has 0 aromatic heterocycles. The molecular formula is C14H19BrN2O2. The molecule has 1 aliphatic heterocycles. The van der Waals surface area contributed by atoms with Gasteiger partial charge in [0.15, 0.2) is 0 Å². The molecule has 1 amide bonds. The molecule has 1 aliphatic rings. The van der Waals surface area contributed by atoms with Gasteiger partial charge in [-0.25, -0.2) is 0 Å². The maximum absolute atomic E-state index is 12.5. The number of halogens is 1. The van der Waals surface area contributed by atoms with Crippen molar-refractivity contribution < 1.29 is 9.90 Å². The lowest BCUT2D eigenvalue weighted by molar-refractivity contribution is -0.121. The Morgan fingerprint density at radius 2 is 2.26 bits per heavy atom. The molecule has 1 aromatic carbocycles. The van der Waals surface area contributed by atoms with Crippen molar-refractivity contribution >= 4 is 27.5 Å². The highest BCUT2D eigenvalue weighted by molar-refractivity contribution is 9.10. The summed E-state index contributed by atoms with van der Waals surface area (Å²) in [6, 6.07) is 5.59. The monoisotopic (exact) mass is 326 g/mol. The molecule has 5 heteroatoms. The summed E-state index contributed by atoms with van der Waals surface area (Å²) in [6.07, 6.45) is 0.873. The number of amides is 1. The van der Waals surface area contributed by atoms with Crippen LogP contribution in [0.4, 0.5) is 5.69 Å². The first kappa shape index (κ1) is 14.5. The van der Waals surface area contributed by atoms with Crippen LogP contribution in [0.3, 0.4) is 0 Å². The molecule has 1 fully saturated rings. The quantitative estimate of drug-likeness (QED) is 0.871. The predicted molar refractivity (Wildman–Crippen MR) is 79.3 cm³/mol. The zero-order chi connectivity index (χ0) is 14.0. The molecule has 0 bridgehead atoms. The van der Waals surface area contributed by atoms with Crippen LogP contribution in [0, 0.1) is 6.92 Å². The van der Waals surface area contributed by atoms with Crippen LogP contribution in [0.25, 0.3) is 0 Å². The summed E-state index contributed by atoms with van der Waals surface area (Å²) in [5.74, 6) is -0.0581. The van der Waals surface area contributed by atoms with Gasteiger partial charge in [-0.2, -0.15) is 0 Å². The topological polar surface area (TPSA) is 52.6 Å². The minimum Gasteiger partial charge on any atom is -0.394 e. The van der Waals surface area contributed by atoms with E-state index < -0.39 is 6.04 Å². The van der Waals surface area contributed by atoms with E-state index in [-0.39, 0.29) is 18.6 Å². The second-order valence-corrected chi connectivity index (χ2v) is 5.93. The van der Waals surface area contributed by atoms with E-state index in [0.29, 0.717) is 6.54 Å². The van der Waals surface area contributed by atoms with Crippen LogP contribution in [0.2, 0.25) is 0 Å². The lowest BCUT2D eigenvalue weighted by atomic mass is 10.1. The average Bonchev–Trinajstić information content (AvgIpc) is 2.50. The fourth-order valence-corrected chi connectivity index (χ4v) is 2.89. The fourth-order valence-electron chi connectivity index (χ4n) is 2.41. The number of aliphatic hydroxyl groups is 1. The van der Waals surface area contributed by atoms with Gasteiger partial charge < -0.3 is 15.3 Å². The second kappa shape index (κ2) is 6.03. The van der Waals surface area contributed by atoms with E-state index in [1.54, 1.807) is 4.90 Å². The zero-order valence-corrected chi connectivity index (χ0v) is 12.8. The first-order chi connectivity index (χ1) is 9.02. The van der Waals surface area contributed by atoms with E-state index in [2.05, 4.69) is 21.2 Å². The first-order valence-corrected chi connectivity index (χ1v) is 7.26. The third-order valence-electron chi connectivity index (χ3n) is 3.47. The summed E-state index contributed by atoms with van der Waals surface area (Å²) in [7, 11) is 0. The van der Waals surface area contributed by atoms with Gasteiger partial charge in [-0.15, -0.1) is 0 Å². The van der Waals surface area contributed by atoms with Gasteiger partial charge in [0.2, 0.25) is 5.91 Å². The number of benzene rings is 1. The van der Waals surface area contributed by atoms with Gasteiger partial charge in [-0.05, 0) is 44.0 Å². The number of aliphatic hydroxyl groups excluding tert-OH is 1. The molecule has 1 aromatic rings. The van der Waals surface area contributed by atoms with Crippen molar-refractivity contribution in [2.75, 3.05) is 18.1 Å². The summed E-state index contributed by atoms with van der Waals surface area (Å²) in [6.45, 7) is 4.53. The Hall–Kier alpha value is -0.910. The Bertz CT molecular complexity index is 479. The van der Waals surface area contributed by atoms with E-state index in [1.165, 1.54) is 0 Å². The van der Waals surface area contributed by atoms with Crippen LogP contribution >= 0.6 is 15.9 Å². The highest BCUT2D eigenvalue weighted by atomic mass is 79.9. The number of nitrogens with zero attached hydrogens (tertiary/aromatic N) is 1. The molecule has 2 rings (SSSR count). The number of hydrogen-bond donors (Lipinski definition) is 2. The van der Waals surface area contributed by atoms with E-state index in [0.717, 1.165) is 22.1 Å². The van der Waals surface area contributed by atoms with Crippen molar-refractivity contribution in [3.05, 3.63) is 28.2 Å². The highest BCUT2D eigenvalue weighted by Crippen LogP contribution is 2.26. The maximum atomic E-state index is 12.5. The van der Waals surface area contributed by atoms with Gasteiger partial charge in [0.1, 0.15) is 6.04 Å². The number of hydrogen-bond acceptors (Lipinski definition) is 3. The number of aryl methyl sites for hydroxylation is 1. The summed E-state index contributed by atoms with van der Waals surface area (Å²) < 4.78 is 1.00. The molecular weight excluding hydrogens is 308 g/mol. The third-order valence-corrected chi connectivity index (χ3v) is 3.96. The molecule has 2 N–H and O–H groups in total. The van der Waals surface area contributed by atoms with Crippen molar-refractivity contribution in [3.8, 4) is 0 Å². The summed E-state index contributed by atoms with van der Waals surface area (Å²) in [5.41, 5.74) is 1.97. The van der Waals surface area contributed by atoms with Crippen LogP contribution in [0.5, 0.6) is 0 Å². The van der Waals surface area contributed by atoms with Gasteiger partial charge in [0, 0.05) is 22.7 Å². The molecule has 0 saturated carbocycles. The SMILES string of the molecule is Cc1cc(Br)ccc1N1CCC(C)NC(CO)C1=O. The van der Waals surface area contributed by atoms with Crippen molar-refractivity contribution in [2.45, 2.75) is 32.4 Å². The summed E-state index contributed by atoms with van der Waals surface area (Å²) in [4.78, 5) is 14.2. The standard InChI is InChI=1S/C14H19BrN2O2/c1-9-7-11(15)3-4-13(9)17-6-5-10(2)16-12(8-18)14(17)19/h3-4,7,10,12,16,18H,5-6,8H2,1-2H3. The Labute approximate surface area is 121 Å². The maximum Gasteiger partial charge on any atom is 0.246 e. The lowest BCUT2D eigenvalue weighted by Crippen LogP contribution is -2.47. The summed E-state index contributed by atoms with van der Waals surface area (Å²) in [5, 5.41) is 12.5. The molecule has 0 aliphatic carbocycles. The number of nitrogens with one attached hydrogen (secondary N) is 1. The predicted octanol–water partition coefficient (Wildman–Crippen LogP) is 1.83. The van der Waals surface area contributed by atoms with Gasteiger partial charge in [0.25, 0.3) is 0 Å². The molecule has 1 saturated heterocycles. The fraction of sp³-hybridized carbons (Fsp3) is 0.500. The van der Waals surface area contributed by atoms with Crippen LogP contribution in [-0.4, -0.2) is 36.2 Å². The molecule has 2 unspecified atom stereocenters. The molecule has 0 spiro atoms. The zero-order valence-electron chi connectivity index (χ0n) is 11.2. The lowest BCUT2D eigenvalue weighted by Gasteiger charge is -2.25. The molecule has 2 atom stereocenters. The van der Waals surface area contributed by atoms with Gasteiger partial charge in [0.05, 0.1) is 6.61 Å². The molecule has 4 nitrogen and oxygen atoms in total. The minimum absolute atomic E-state index is 0.0581.